The molecular formula is C11H21NO2S. The van der Waals surface area contributed by atoms with Gasteiger partial charge in [-0.3, -0.25) is 4.79 Å². The molecule has 1 unspecified atom stereocenters. The average Bonchev–Trinajstić information content (AvgIpc) is 2.21. The maximum atomic E-state index is 10.4. The van der Waals surface area contributed by atoms with Gasteiger partial charge in [-0.25, -0.2) is 0 Å². The number of nitrogens with two attached hydrogens (primary N) is 1. The third-order valence-electron chi connectivity index (χ3n) is 2.09. The maximum absolute atomic E-state index is 10.4. The standard InChI is InChI=1S/C11H21NO2S/c1-2-3-4-5-6-8-15-9-7-10(12)11(13)14/h2,10H,1,3-9,12H2,(H,13,14). The Kier molecular flexibility index (Phi) is 9.73. The van der Waals surface area contributed by atoms with Crippen LogP contribution in [0.2, 0.25) is 0 Å². The summed E-state index contributed by atoms with van der Waals surface area (Å²) < 4.78 is 0. The molecule has 0 aromatic rings. The fraction of sp³-hybridized carbons (Fsp3) is 0.727. The Morgan fingerprint density at radius 2 is 2.13 bits per heavy atom. The van der Waals surface area contributed by atoms with Gasteiger partial charge in [-0.2, -0.15) is 11.8 Å². The second kappa shape index (κ2) is 10.1. The minimum Gasteiger partial charge on any atom is -0.480 e. The van der Waals surface area contributed by atoms with Crippen molar-refractivity contribution >= 4 is 17.7 Å². The molecule has 0 bridgehead atoms. The fourth-order valence-electron chi connectivity index (χ4n) is 1.11. The molecule has 1 atom stereocenters. The summed E-state index contributed by atoms with van der Waals surface area (Å²) in [5, 5.41) is 8.54. The SMILES string of the molecule is C=CCCCCCSCCC(N)C(=O)O. The molecule has 3 nitrogen and oxygen atoms in total. The van der Waals surface area contributed by atoms with Gasteiger partial charge in [-0.05, 0) is 37.2 Å². The first kappa shape index (κ1) is 14.5. The van der Waals surface area contributed by atoms with E-state index in [2.05, 4.69) is 6.58 Å². The van der Waals surface area contributed by atoms with Crippen molar-refractivity contribution in [2.24, 2.45) is 5.73 Å². The molecule has 0 spiro atoms. The van der Waals surface area contributed by atoms with E-state index in [0.29, 0.717) is 6.42 Å². The van der Waals surface area contributed by atoms with Crippen LogP contribution in [-0.2, 0) is 4.79 Å². The van der Waals surface area contributed by atoms with Crippen molar-refractivity contribution in [1.29, 1.82) is 0 Å². The minimum absolute atomic E-state index is 0.562. The second-order valence-electron chi connectivity index (χ2n) is 3.48. The smallest absolute Gasteiger partial charge is 0.320 e. The predicted octanol–water partition coefficient (Wildman–Crippen LogP) is 2.27. The van der Waals surface area contributed by atoms with Gasteiger partial charge in [0.25, 0.3) is 0 Å². The van der Waals surface area contributed by atoms with Gasteiger partial charge in [0, 0.05) is 0 Å². The Morgan fingerprint density at radius 3 is 2.73 bits per heavy atom. The van der Waals surface area contributed by atoms with E-state index in [-0.39, 0.29) is 0 Å². The van der Waals surface area contributed by atoms with Crippen molar-refractivity contribution < 1.29 is 9.90 Å². The number of rotatable bonds is 10. The van der Waals surface area contributed by atoms with Crippen LogP contribution >= 0.6 is 11.8 Å². The zero-order valence-corrected chi connectivity index (χ0v) is 9.97. The first-order chi connectivity index (χ1) is 7.18. The topological polar surface area (TPSA) is 63.3 Å². The summed E-state index contributed by atoms with van der Waals surface area (Å²) >= 11 is 1.79. The summed E-state index contributed by atoms with van der Waals surface area (Å²) in [4.78, 5) is 10.4. The predicted molar refractivity (Wildman–Crippen MR) is 66.2 cm³/mol. The number of carboxylic acids is 1. The van der Waals surface area contributed by atoms with Crippen LogP contribution in [0.15, 0.2) is 12.7 Å². The van der Waals surface area contributed by atoms with Gasteiger partial charge in [0.1, 0.15) is 6.04 Å². The summed E-state index contributed by atoms with van der Waals surface area (Å²) in [5.74, 6) is 1.04. The van der Waals surface area contributed by atoms with Gasteiger partial charge in [-0.15, -0.1) is 6.58 Å². The number of aliphatic carboxylic acids is 1. The molecule has 0 rings (SSSR count). The van der Waals surface area contributed by atoms with Crippen molar-refractivity contribution in [3.05, 3.63) is 12.7 Å². The Hall–Kier alpha value is -0.480. The minimum atomic E-state index is -0.901. The molecule has 3 N–H and O–H groups in total. The number of thioether (sulfide) groups is 1. The highest BCUT2D eigenvalue weighted by Crippen LogP contribution is 2.09. The number of hydrogen-bond acceptors (Lipinski definition) is 3. The van der Waals surface area contributed by atoms with Crippen LogP contribution in [0.25, 0.3) is 0 Å². The molecule has 0 saturated heterocycles. The largest absolute Gasteiger partial charge is 0.480 e. The number of allylic oxidation sites excluding steroid dienone is 1. The van der Waals surface area contributed by atoms with E-state index >= 15 is 0 Å². The normalized spacial score (nSPS) is 12.3. The molecule has 4 heteroatoms. The van der Waals surface area contributed by atoms with Gasteiger partial charge < -0.3 is 10.8 Å². The van der Waals surface area contributed by atoms with Crippen LogP contribution in [0.1, 0.15) is 32.1 Å². The fourth-order valence-corrected chi connectivity index (χ4v) is 2.14. The van der Waals surface area contributed by atoms with E-state index in [1.807, 2.05) is 6.08 Å². The molecule has 0 amide bonds. The van der Waals surface area contributed by atoms with E-state index in [4.69, 9.17) is 10.8 Å². The first-order valence-electron chi connectivity index (χ1n) is 5.35. The highest BCUT2D eigenvalue weighted by atomic mass is 32.2. The van der Waals surface area contributed by atoms with Crippen molar-refractivity contribution in [1.82, 2.24) is 0 Å². The molecule has 15 heavy (non-hydrogen) atoms. The number of unbranched alkanes of at least 4 members (excludes halogenated alkanes) is 3. The van der Waals surface area contributed by atoms with E-state index in [9.17, 15) is 4.79 Å². The van der Waals surface area contributed by atoms with Crippen molar-refractivity contribution in [3.8, 4) is 0 Å². The Balaban J connectivity index is 3.11. The van der Waals surface area contributed by atoms with Crippen LogP contribution in [0, 0.1) is 0 Å². The third-order valence-corrected chi connectivity index (χ3v) is 3.19. The van der Waals surface area contributed by atoms with Gasteiger partial charge in [0.2, 0.25) is 0 Å². The zero-order valence-electron chi connectivity index (χ0n) is 9.15. The first-order valence-corrected chi connectivity index (χ1v) is 6.51. The van der Waals surface area contributed by atoms with Crippen LogP contribution in [-0.4, -0.2) is 28.6 Å². The lowest BCUT2D eigenvalue weighted by Crippen LogP contribution is -2.30. The second-order valence-corrected chi connectivity index (χ2v) is 4.71. The molecule has 0 aliphatic carbocycles. The molecule has 0 aromatic heterocycles. The summed E-state index contributed by atoms with van der Waals surface area (Å²) in [6.07, 6.45) is 7.23. The highest BCUT2D eigenvalue weighted by Gasteiger charge is 2.09. The molecule has 0 aliphatic heterocycles. The quantitative estimate of drug-likeness (QED) is 0.447. The number of hydrogen-bond donors (Lipinski definition) is 2. The van der Waals surface area contributed by atoms with Gasteiger partial charge in [0.15, 0.2) is 0 Å². The molecule has 88 valence electrons. The lowest BCUT2D eigenvalue weighted by molar-refractivity contribution is -0.138. The number of carbonyl (C=O) groups is 1. The maximum Gasteiger partial charge on any atom is 0.320 e. The van der Waals surface area contributed by atoms with Crippen molar-refractivity contribution in [2.45, 2.75) is 38.1 Å². The summed E-state index contributed by atoms with van der Waals surface area (Å²) in [6.45, 7) is 3.67. The Bertz CT molecular complexity index is 185. The zero-order chi connectivity index (χ0) is 11.5. The molecular weight excluding hydrogens is 210 g/mol. The molecule has 0 radical (unpaired) electrons. The van der Waals surface area contributed by atoms with E-state index in [1.165, 1.54) is 19.3 Å². The van der Waals surface area contributed by atoms with Crippen molar-refractivity contribution in [3.63, 3.8) is 0 Å². The average molecular weight is 231 g/mol. The molecule has 0 aliphatic rings. The van der Waals surface area contributed by atoms with Gasteiger partial charge >= 0.3 is 5.97 Å². The molecule has 0 fully saturated rings. The Morgan fingerprint density at radius 1 is 1.40 bits per heavy atom. The number of carboxylic acid groups (broad SMARTS) is 1. The molecule has 0 aromatic carbocycles. The Labute approximate surface area is 96.1 Å². The summed E-state index contributed by atoms with van der Waals surface area (Å²) in [5.41, 5.74) is 5.37. The van der Waals surface area contributed by atoms with E-state index in [1.54, 1.807) is 11.8 Å². The van der Waals surface area contributed by atoms with Gasteiger partial charge in [-0.1, -0.05) is 12.5 Å². The summed E-state index contributed by atoms with van der Waals surface area (Å²) in [7, 11) is 0. The van der Waals surface area contributed by atoms with Crippen LogP contribution in [0.5, 0.6) is 0 Å². The monoisotopic (exact) mass is 231 g/mol. The summed E-state index contributed by atoms with van der Waals surface area (Å²) in [6, 6.07) is -0.696. The third kappa shape index (κ3) is 9.82. The van der Waals surface area contributed by atoms with Crippen LogP contribution < -0.4 is 5.73 Å². The van der Waals surface area contributed by atoms with Crippen molar-refractivity contribution in [2.75, 3.05) is 11.5 Å². The lowest BCUT2D eigenvalue weighted by atomic mass is 10.2. The molecule has 0 saturated carbocycles. The van der Waals surface area contributed by atoms with Crippen LogP contribution in [0.4, 0.5) is 0 Å². The van der Waals surface area contributed by atoms with Gasteiger partial charge in [0.05, 0.1) is 0 Å². The lowest BCUT2D eigenvalue weighted by Gasteiger charge is -2.05. The van der Waals surface area contributed by atoms with E-state index in [0.717, 1.165) is 17.9 Å². The molecule has 0 heterocycles. The highest BCUT2D eigenvalue weighted by molar-refractivity contribution is 7.99. The van der Waals surface area contributed by atoms with E-state index < -0.39 is 12.0 Å². The van der Waals surface area contributed by atoms with Crippen LogP contribution in [0.3, 0.4) is 0 Å².